The Morgan fingerprint density at radius 3 is 2.50 bits per heavy atom. The predicted molar refractivity (Wildman–Crippen MR) is 75.6 cm³/mol. The Labute approximate surface area is 107 Å². The highest BCUT2D eigenvalue weighted by molar-refractivity contribution is 7.99. The van der Waals surface area contributed by atoms with Crippen molar-refractivity contribution in [2.45, 2.75) is 45.4 Å². The van der Waals surface area contributed by atoms with Crippen molar-refractivity contribution in [2.24, 2.45) is 0 Å². The van der Waals surface area contributed by atoms with Gasteiger partial charge in [-0.15, -0.1) is 11.3 Å². The summed E-state index contributed by atoms with van der Waals surface area (Å²) in [6.07, 6.45) is 2.16. The number of aromatic nitrogens is 1. The van der Waals surface area contributed by atoms with Crippen molar-refractivity contribution in [3.63, 3.8) is 0 Å². The fourth-order valence-electron chi connectivity index (χ4n) is 1.51. The third-order valence-corrected chi connectivity index (χ3v) is 4.89. The van der Waals surface area contributed by atoms with Gasteiger partial charge in [-0.2, -0.15) is 11.8 Å². The molecular weight excluding hydrogens is 236 g/mol. The van der Waals surface area contributed by atoms with Crippen LogP contribution in [0.2, 0.25) is 0 Å². The molecule has 1 unspecified atom stereocenters. The van der Waals surface area contributed by atoms with Crippen molar-refractivity contribution < 1.29 is 0 Å². The van der Waals surface area contributed by atoms with Crippen LogP contribution in [0.15, 0.2) is 0 Å². The summed E-state index contributed by atoms with van der Waals surface area (Å²) in [5.74, 6) is 0. The highest BCUT2D eigenvalue weighted by atomic mass is 32.2. The lowest BCUT2D eigenvalue weighted by atomic mass is 10.1. The van der Waals surface area contributed by atoms with Gasteiger partial charge >= 0.3 is 0 Å². The average molecular weight is 258 g/mol. The second-order valence-corrected chi connectivity index (χ2v) is 7.66. The van der Waals surface area contributed by atoms with Crippen molar-refractivity contribution in [3.8, 4) is 0 Å². The molecule has 0 amide bonds. The van der Waals surface area contributed by atoms with Gasteiger partial charge in [0.15, 0.2) is 0 Å². The molecule has 0 bridgehead atoms. The van der Waals surface area contributed by atoms with Crippen LogP contribution in [0, 0.1) is 13.8 Å². The maximum Gasteiger partial charge on any atom is 0.0900 e. The molecule has 1 N–H and O–H groups in total. The minimum atomic E-state index is 0.285. The van der Waals surface area contributed by atoms with Gasteiger partial charge in [-0.1, -0.05) is 0 Å². The molecule has 1 rings (SSSR count). The Morgan fingerprint density at radius 2 is 2.06 bits per heavy atom. The highest BCUT2D eigenvalue weighted by Gasteiger charge is 2.19. The van der Waals surface area contributed by atoms with E-state index in [0.29, 0.717) is 6.04 Å². The summed E-state index contributed by atoms with van der Waals surface area (Å²) < 4.78 is 0.285. The van der Waals surface area contributed by atoms with Crippen molar-refractivity contribution in [2.75, 3.05) is 12.8 Å². The van der Waals surface area contributed by atoms with Crippen LogP contribution in [0.5, 0.6) is 0 Å². The molecule has 0 aliphatic rings. The minimum Gasteiger partial charge on any atom is -0.307 e. The first-order valence-electron chi connectivity index (χ1n) is 5.58. The van der Waals surface area contributed by atoms with Crippen LogP contribution in [-0.2, 0) is 0 Å². The zero-order chi connectivity index (χ0) is 12.3. The number of aryl methyl sites for hydroxylation is 2. The lowest BCUT2D eigenvalue weighted by molar-refractivity contribution is 0.514. The van der Waals surface area contributed by atoms with Gasteiger partial charge in [-0.25, -0.2) is 4.98 Å². The minimum absolute atomic E-state index is 0.285. The van der Waals surface area contributed by atoms with Gasteiger partial charge in [-0.05, 0) is 40.9 Å². The first-order chi connectivity index (χ1) is 7.35. The van der Waals surface area contributed by atoms with E-state index in [9.17, 15) is 0 Å². The van der Waals surface area contributed by atoms with E-state index in [1.54, 1.807) is 11.3 Å². The fourth-order valence-corrected chi connectivity index (χ4v) is 2.66. The molecular formula is C12H22N2S2. The fraction of sp³-hybridized carbons (Fsp3) is 0.750. The predicted octanol–water partition coefficient (Wildman–Crippen LogP) is 3.55. The molecule has 0 fully saturated rings. The molecule has 4 heteroatoms. The Balaban J connectivity index is 2.59. The van der Waals surface area contributed by atoms with Gasteiger partial charge in [0.2, 0.25) is 0 Å². The maximum absolute atomic E-state index is 4.59. The van der Waals surface area contributed by atoms with E-state index >= 15 is 0 Å². The molecule has 1 atom stereocenters. The quantitative estimate of drug-likeness (QED) is 0.874. The number of nitrogens with zero attached hydrogens (tertiary/aromatic N) is 1. The van der Waals surface area contributed by atoms with Crippen LogP contribution in [0.1, 0.15) is 42.4 Å². The van der Waals surface area contributed by atoms with Crippen LogP contribution in [0.3, 0.4) is 0 Å². The second-order valence-electron chi connectivity index (χ2n) is 4.74. The van der Waals surface area contributed by atoms with Gasteiger partial charge in [0.25, 0.3) is 0 Å². The van der Waals surface area contributed by atoms with E-state index in [2.05, 4.69) is 51.2 Å². The Hall–Kier alpha value is -0.0600. The van der Waals surface area contributed by atoms with Crippen molar-refractivity contribution >= 4 is 23.1 Å². The first-order valence-corrected chi connectivity index (χ1v) is 7.62. The zero-order valence-electron chi connectivity index (χ0n) is 11.0. The zero-order valence-corrected chi connectivity index (χ0v) is 12.7. The summed E-state index contributed by atoms with van der Waals surface area (Å²) in [6, 6.07) is 0.344. The van der Waals surface area contributed by atoms with Crippen LogP contribution in [-0.4, -0.2) is 22.5 Å². The molecule has 92 valence electrons. The van der Waals surface area contributed by atoms with E-state index in [1.165, 1.54) is 10.6 Å². The Morgan fingerprint density at radius 1 is 1.44 bits per heavy atom. The van der Waals surface area contributed by atoms with Crippen LogP contribution in [0.25, 0.3) is 0 Å². The molecule has 0 radical (unpaired) electrons. The van der Waals surface area contributed by atoms with Crippen LogP contribution >= 0.6 is 23.1 Å². The molecule has 0 saturated heterocycles. The lowest BCUT2D eigenvalue weighted by Crippen LogP contribution is -2.33. The third-order valence-electron chi connectivity index (χ3n) is 2.74. The standard InChI is InChI=1S/C12H22N2S2/c1-8(13-7-12(4,5)15-6)11-9(2)16-10(3)14-11/h8,13H,7H2,1-6H3. The summed E-state index contributed by atoms with van der Waals surface area (Å²) in [5, 5.41) is 4.73. The van der Waals surface area contributed by atoms with Gasteiger partial charge in [0.05, 0.1) is 10.7 Å². The average Bonchev–Trinajstić information content (AvgIpc) is 2.54. The van der Waals surface area contributed by atoms with Crippen molar-refractivity contribution in [1.82, 2.24) is 10.3 Å². The van der Waals surface area contributed by atoms with Gasteiger partial charge in [0.1, 0.15) is 0 Å². The van der Waals surface area contributed by atoms with Crippen molar-refractivity contribution in [1.29, 1.82) is 0 Å². The Kier molecular flexibility index (Phi) is 4.83. The van der Waals surface area contributed by atoms with E-state index in [0.717, 1.165) is 11.6 Å². The Bertz CT molecular complexity index is 345. The summed E-state index contributed by atoms with van der Waals surface area (Å²) in [5.41, 5.74) is 1.21. The molecule has 0 saturated carbocycles. The molecule has 16 heavy (non-hydrogen) atoms. The number of thioether (sulfide) groups is 1. The number of nitrogens with one attached hydrogen (secondary N) is 1. The van der Waals surface area contributed by atoms with E-state index < -0.39 is 0 Å². The smallest absolute Gasteiger partial charge is 0.0900 e. The number of rotatable bonds is 5. The number of hydrogen-bond acceptors (Lipinski definition) is 4. The lowest BCUT2D eigenvalue weighted by Gasteiger charge is -2.24. The van der Waals surface area contributed by atoms with Crippen LogP contribution in [0.4, 0.5) is 0 Å². The number of thiazole rings is 1. The maximum atomic E-state index is 4.59. The molecule has 1 heterocycles. The molecule has 1 aromatic rings. The SMILES string of the molecule is CSC(C)(C)CNC(C)c1nc(C)sc1C. The topological polar surface area (TPSA) is 24.9 Å². The molecule has 2 nitrogen and oxygen atoms in total. The molecule has 0 aliphatic carbocycles. The second kappa shape index (κ2) is 5.52. The third kappa shape index (κ3) is 3.75. The van der Waals surface area contributed by atoms with Crippen molar-refractivity contribution in [3.05, 3.63) is 15.6 Å². The summed E-state index contributed by atoms with van der Waals surface area (Å²) >= 11 is 3.67. The van der Waals surface area contributed by atoms with E-state index in [4.69, 9.17) is 0 Å². The largest absolute Gasteiger partial charge is 0.307 e. The molecule has 0 aromatic carbocycles. The normalized spacial score (nSPS) is 14.1. The monoisotopic (exact) mass is 258 g/mol. The van der Waals surface area contributed by atoms with Gasteiger partial charge < -0.3 is 5.32 Å². The molecule has 1 aromatic heterocycles. The van der Waals surface area contributed by atoms with E-state index in [-0.39, 0.29) is 4.75 Å². The summed E-state index contributed by atoms with van der Waals surface area (Å²) in [4.78, 5) is 5.92. The van der Waals surface area contributed by atoms with Gasteiger partial charge in [0, 0.05) is 22.2 Å². The highest BCUT2D eigenvalue weighted by Crippen LogP contribution is 2.24. The summed E-state index contributed by atoms with van der Waals surface area (Å²) in [7, 11) is 0. The molecule has 0 spiro atoms. The first kappa shape index (κ1) is 14.0. The summed E-state index contributed by atoms with van der Waals surface area (Å²) in [6.45, 7) is 11.9. The van der Waals surface area contributed by atoms with E-state index in [1.807, 2.05) is 11.8 Å². The molecule has 0 aliphatic heterocycles. The van der Waals surface area contributed by atoms with Gasteiger partial charge in [-0.3, -0.25) is 0 Å². The number of hydrogen-bond donors (Lipinski definition) is 1. The van der Waals surface area contributed by atoms with Crippen LogP contribution < -0.4 is 5.32 Å².